The average Bonchev–Trinajstić information content (AvgIpc) is 2.17. The van der Waals surface area contributed by atoms with Crippen molar-refractivity contribution in [3.63, 3.8) is 0 Å². The normalized spacial score (nSPS) is 10.7. The summed E-state index contributed by atoms with van der Waals surface area (Å²) < 4.78 is 27.8. The van der Waals surface area contributed by atoms with Gasteiger partial charge in [-0.25, -0.2) is 8.42 Å². The third kappa shape index (κ3) is 2.70. The minimum absolute atomic E-state index is 0.123. The van der Waals surface area contributed by atoms with E-state index in [0.717, 1.165) is 6.26 Å². The second-order valence-corrected chi connectivity index (χ2v) is 5.08. The smallest absolute Gasteiger partial charge is 0.179 e. The van der Waals surface area contributed by atoms with Gasteiger partial charge in [-0.15, -0.1) is 0 Å². The Balaban J connectivity index is 3.34. The number of methoxy groups -OCH3 is 1. The molecule has 1 aromatic rings. The van der Waals surface area contributed by atoms with Gasteiger partial charge in [0.25, 0.3) is 0 Å². The third-order valence-electron chi connectivity index (χ3n) is 1.91. The van der Waals surface area contributed by atoms with Gasteiger partial charge in [0, 0.05) is 6.26 Å². The Hall–Kier alpha value is -1.54. The molecule has 1 rings (SSSR count). The molecule has 4 nitrogen and oxygen atoms in total. The zero-order valence-corrected chi connectivity index (χ0v) is 9.34. The van der Waals surface area contributed by atoms with Gasteiger partial charge >= 0.3 is 0 Å². The fourth-order valence-electron chi connectivity index (χ4n) is 1.21. The number of nitrogens with zero attached hydrogens (tertiary/aromatic N) is 1. The summed E-state index contributed by atoms with van der Waals surface area (Å²) in [6.07, 6.45) is 1.30. The van der Waals surface area contributed by atoms with Crippen LogP contribution in [-0.4, -0.2) is 21.8 Å². The van der Waals surface area contributed by atoms with Crippen LogP contribution in [0.15, 0.2) is 23.1 Å². The van der Waals surface area contributed by atoms with E-state index in [9.17, 15) is 8.42 Å². The number of hydrogen-bond acceptors (Lipinski definition) is 4. The number of sulfone groups is 1. The van der Waals surface area contributed by atoms with Crippen molar-refractivity contribution in [3.05, 3.63) is 23.8 Å². The van der Waals surface area contributed by atoms with Crippen molar-refractivity contribution in [2.75, 3.05) is 13.4 Å². The Morgan fingerprint density at radius 1 is 1.47 bits per heavy atom. The molecule has 80 valence electrons. The van der Waals surface area contributed by atoms with E-state index in [2.05, 4.69) is 0 Å². The summed E-state index contributed by atoms with van der Waals surface area (Å²) >= 11 is 0. The fourth-order valence-corrected chi connectivity index (χ4v) is 2.09. The molecule has 0 bridgehead atoms. The average molecular weight is 225 g/mol. The zero-order chi connectivity index (χ0) is 11.5. The van der Waals surface area contributed by atoms with Crippen LogP contribution < -0.4 is 4.74 Å². The second kappa shape index (κ2) is 4.32. The molecular formula is C10H11NO3S. The lowest BCUT2D eigenvalue weighted by molar-refractivity contribution is 0.402. The first-order valence-electron chi connectivity index (χ1n) is 4.23. The highest BCUT2D eigenvalue weighted by Gasteiger charge is 2.14. The summed E-state index contributed by atoms with van der Waals surface area (Å²) in [5.74, 6) is 0.305. The van der Waals surface area contributed by atoms with Crippen LogP contribution >= 0.6 is 0 Å². The van der Waals surface area contributed by atoms with Gasteiger partial charge in [-0.3, -0.25) is 0 Å². The third-order valence-corrected chi connectivity index (χ3v) is 3.03. The summed E-state index contributed by atoms with van der Waals surface area (Å²) in [5.41, 5.74) is 0.665. The number of ether oxygens (including phenoxy) is 1. The largest absolute Gasteiger partial charge is 0.495 e. The van der Waals surface area contributed by atoms with Gasteiger partial charge in [-0.05, 0) is 17.7 Å². The molecule has 0 radical (unpaired) electrons. The molecule has 0 aliphatic carbocycles. The van der Waals surface area contributed by atoms with Crippen molar-refractivity contribution in [1.29, 1.82) is 5.26 Å². The number of hydrogen-bond donors (Lipinski definition) is 0. The molecule has 0 spiro atoms. The van der Waals surface area contributed by atoms with E-state index in [4.69, 9.17) is 10.00 Å². The fraction of sp³-hybridized carbons (Fsp3) is 0.300. The quantitative estimate of drug-likeness (QED) is 0.774. The molecule has 0 amide bonds. The van der Waals surface area contributed by atoms with Gasteiger partial charge in [0.05, 0.1) is 19.6 Å². The van der Waals surface area contributed by atoms with Gasteiger partial charge < -0.3 is 4.74 Å². The minimum Gasteiger partial charge on any atom is -0.495 e. The maximum atomic E-state index is 11.4. The zero-order valence-electron chi connectivity index (χ0n) is 8.52. The van der Waals surface area contributed by atoms with Crippen LogP contribution in [0.3, 0.4) is 0 Å². The van der Waals surface area contributed by atoms with Crippen LogP contribution in [-0.2, 0) is 16.3 Å². The molecule has 0 saturated carbocycles. The van der Waals surface area contributed by atoms with Gasteiger partial charge in [0.2, 0.25) is 0 Å². The number of rotatable bonds is 3. The second-order valence-electron chi connectivity index (χ2n) is 3.09. The highest BCUT2D eigenvalue weighted by molar-refractivity contribution is 7.90. The molecule has 0 aromatic heterocycles. The summed E-state index contributed by atoms with van der Waals surface area (Å²) in [4.78, 5) is 0.123. The van der Waals surface area contributed by atoms with E-state index in [-0.39, 0.29) is 11.3 Å². The molecule has 0 saturated heterocycles. The van der Waals surface area contributed by atoms with E-state index in [1.54, 1.807) is 12.1 Å². The highest BCUT2D eigenvalue weighted by Crippen LogP contribution is 2.24. The molecule has 0 atom stereocenters. The van der Waals surface area contributed by atoms with Gasteiger partial charge in [0.15, 0.2) is 9.84 Å². The molecule has 15 heavy (non-hydrogen) atoms. The standard InChI is InChI=1S/C10H11NO3S/c1-14-9-4-3-8(5-6-11)7-10(9)15(2,12)13/h3-4,7H,5H2,1-2H3. The first kappa shape index (κ1) is 11.5. The van der Waals surface area contributed by atoms with E-state index in [0.29, 0.717) is 11.3 Å². The van der Waals surface area contributed by atoms with Gasteiger partial charge in [0.1, 0.15) is 10.6 Å². The Morgan fingerprint density at radius 3 is 2.60 bits per heavy atom. The molecular weight excluding hydrogens is 214 g/mol. The summed E-state index contributed by atoms with van der Waals surface area (Å²) in [7, 11) is -1.91. The van der Waals surface area contributed by atoms with Crippen molar-refractivity contribution in [2.24, 2.45) is 0 Å². The summed E-state index contributed by atoms with van der Waals surface area (Å²) in [5, 5.41) is 8.51. The first-order valence-corrected chi connectivity index (χ1v) is 6.12. The Kier molecular flexibility index (Phi) is 3.32. The maximum absolute atomic E-state index is 11.4. The van der Waals surface area contributed by atoms with Crippen molar-refractivity contribution >= 4 is 9.84 Å². The summed E-state index contributed by atoms with van der Waals surface area (Å²) in [6.45, 7) is 0. The SMILES string of the molecule is COc1ccc(CC#N)cc1S(C)(=O)=O. The predicted octanol–water partition coefficient (Wildman–Crippen LogP) is 1.16. The predicted molar refractivity (Wildman–Crippen MR) is 55.4 cm³/mol. The molecule has 1 aromatic carbocycles. The van der Waals surface area contributed by atoms with Crippen LogP contribution in [0.5, 0.6) is 5.75 Å². The maximum Gasteiger partial charge on any atom is 0.179 e. The molecule has 0 aliphatic rings. The highest BCUT2D eigenvalue weighted by atomic mass is 32.2. The number of benzene rings is 1. The topological polar surface area (TPSA) is 67.2 Å². The van der Waals surface area contributed by atoms with Crippen LogP contribution in [0, 0.1) is 11.3 Å². The Bertz CT molecular complexity index is 500. The lowest BCUT2D eigenvalue weighted by atomic mass is 10.2. The molecule has 5 heteroatoms. The van der Waals surface area contributed by atoms with E-state index < -0.39 is 9.84 Å². The van der Waals surface area contributed by atoms with Crippen LogP contribution in [0.4, 0.5) is 0 Å². The van der Waals surface area contributed by atoms with Crippen molar-refractivity contribution in [3.8, 4) is 11.8 Å². The molecule has 0 N–H and O–H groups in total. The first-order chi connectivity index (χ1) is 6.99. The summed E-state index contributed by atoms with van der Waals surface area (Å²) in [6, 6.07) is 6.67. The molecule has 0 fully saturated rings. The Morgan fingerprint density at radius 2 is 2.13 bits per heavy atom. The minimum atomic E-state index is -3.32. The lowest BCUT2D eigenvalue weighted by Crippen LogP contribution is -2.01. The van der Waals surface area contributed by atoms with Crippen LogP contribution in [0.2, 0.25) is 0 Å². The molecule has 0 aliphatic heterocycles. The van der Waals surface area contributed by atoms with E-state index in [1.807, 2.05) is 6.07 Å². The van der Waals surface area contributed by atoms with E-state index >= 15 is 0 Å². The van der Waals surface area contributed by atoms with Crippen molar-refractivity contribution in [2.45, 2.75) is 11.3 Å². The van der Waals surface area contributed by atoms with Crippen molar-refractivity contribution in [1.82, 2.24) is 0 Å². The van der Waals surface area contributed by atoms with Crippen LogP contribution in [0.1, 0.15) is 5.56 Å². The monoisotopic (exact) mass is 225 g/mol. The van der Waals surface area contributed by atoms with Crippen LogP contribution in [0.25, 0.3) is 0 Å². The molecule has 0 unspecified atom stereocenters. The Labute approximate surface area is 89.0 Å². The van der Waals surface area contributed by atoms with Crippen molar-refractivity contribution < 1.29 is 13.2 Å². The van der Waals surface area contributed by atoms with Gasteiger partial charge in [-0.2, -0.15) is 5.26 Å². The lowest BCUT2D eigenvalue weighted by Gasteiger charge is -2.07. The molecule has 0 heterocycles. The number of nitriles is 1. The van der Waals surface area contributed by atoms with E-state index in [1.165, 1.54) is 13.2 Å². The van der Waals surface area contributed by atoms with Gasteiger partial charge in [-0.1, -0.05) is 6.07 Å².